The number of benzene rings is 1. The van der Waals surface area contributed by atoms with Gasteiger partial charge >= 0.3 is 5.97 Å². The number of methoxy groups -OCH3 is 1. The highest BCUT2D eigenvalue weighted by atomic mass is 32.2. The quantitative estimate of drug-likeness (QED) is 0.680. The zero-order valence-corrected chi connectivity index (χ0v) is 17.4. The Hall–Kier alpha value is -2.69. The first-order chi connectivity index (χ1) is 14.5. The average Bonchev–Trinajstić information content (AvgIpc) is 3.20. The SMILES string of the molecule is COC(=O)c1cnc(NC[C@@H]2Cc3ccccc3O2)c(S(=O)(=O)N2CCOCC2)c1. The van der Waals surface area contributed by atoms with Crippen LogP contribution in [-0.2, 0) is 25.9 Å². The summed E-state index contributed by atoms with van der Waals surface area (Å²) in [6.07, 6.45) is 1.87. The molecule has 4 rings (SSSR count). The number of aromatic nitrogens is 1. The number of nitrogens with one attached hydrogen (secondary N) is 1. The van der Waals surface area contributed by atoms with Gasteiger partial charge in [-0.15, -0.1) is 0 Å². The van der Waals surface area contributed by atoms with Crippen LogP contribution < -0.4 is 10.1 Å². The summed E-state index contributed by atoms with van der Waals surface area (Å²) in [5.74, 6) is 0.357. The Kier molecular flexibility index (Phi) is 5.89. The zero-order valence-electron chi connectivity index (χ0n) is 16.5. The molecule has 0 amide bonds. The Morgan fingerprint density at radius 3 is 2.80 bits per heavy atom. The Bertz CT molecular complexity index is 1010. The third-order valence-electron chi connectivity index (χ3n) is 5.07. The highest BCUT2D eigenvalue weighted by Crippen LogP contribution is 2.29. The van der Waals surface area contributed by atoms with Crippen LogP contribution >= 0.6 is 0 Å². The average molecular weight is 433 g/mol. The van der Waals surface area contributed by atoms with Crippen LogP contribution in [0.25, 0.3) is 0 Å². The smallest absolute Gasteiger partial charge is 0.339 e. The fourth-order valence-corrected chi connectivity index (χ4v) is 5.06. The van der Waals surface area contributed by atoms with Crippen molar-refractivity contribution in [2.24, 2.45) is 0 Å². The van der Waals surface area contributed by atoms with Crippen molar-refractivity contribution in [2.45, 2.75) is 17.4 Å². The number of morpholine rings is 1. The van der Waals surface area contributed by atoms with Gasteiger partial charge in [-0.25, -0.2) is 18.2 Å². The first-order valence-corrected chi connectivity index (χ1v) is 11.1. The fraction of sp³-hybridized carbons (Fsp3) is 0.400. The van der Waals surface area contributed by atoms with Crippen LogP contribution in [0.4, 0.5) is 5.82 Å². The van der Waals surface area contributed by atoms with E-state index in [1.165, 1.54) is 23.7 Å². The summed E-state index contributed by atoms with van der Waals surface area (Å²) in [5, 5.41) is 3.09. The van der Waals surface area contributed by atoms with Crippen LogP contribution in [0.1, 0.15) is 15.9 Å². The number of hydrogen-bond acceptors (Lipinski definition) is 8. The number of anilines is 1. The molecule has 0 unspecified atom stereocenters. The number of pyridine rings is 1. The van der Waals surface area contributed by atoms with Gasteiger partial charge in [-0.05, 0) is 17.7 Å². The summed E-state index contributed by atoms with van der Waals surface area (Å²) in [4.78, 5) is 16.1. The summed E-state index contributed by atoms with van der Waals surface area (Å²) in [7, 11) is -2.64. The molecule has 0 bridgehead atoms. The number of rotatable bonds is 6. The normalized spacial score (nSPS) is 19.0. The van der Waals surface area contributed by atoms with Gasteiger partial charge in [0.1, 0.15) is 22.6 Å². The molecule has 10 heteroatoms. The molecule has 160 valence electrons. The molecule has 1 aromatic carbocycles. The van der Waals surface area contributed by atoms with E-state index in [-0.39, 0.29) is 35.5 Å². The molecule has 3 heterocycles. The number of ether oxygens (including phenoxy) is 3. The molecule has 0 aliphatic carbocycles. The van der Waals surface area contributed by atoms with E-state index in [0.29, 0.717) is 19.8 Å². The van der Waals surface area contributed by atoms with Crippen molar-refractivity contribution in [3.8, 4) is 5.75 Å². The van der Waals surface area contributed by atoms with E-state index in [4.69, 9.17) is 14.2 Å². The lowest BCUT2D eigenvalue weighted by Crippen LogP contribution is -2.41. The molecule has 9 nitrogen and oxygen atoms in total. The van der Waals surface area contributed by atoms with E-state index < -0.39 is 16.0 Å². The summed E-state index contributed by atoms with van der Waals surface area (Å²) in [6.45, 7) is 1.49. The highest BCUT2D eigenvalue weighted by molar-refractivity contribution is 7.89. The van der Waals surface area contributed by atoms with E-state index >= 15 is 0 Å². The van der Waals surface area contributed by atoms with Crippen molar-refractivity contribution in [1.29, 1.82) is 0 Å². The molecule has 1 atom stereocenters. The maximum Gasteiger partial charge on any atom is 0.339 e. The van der Waals surface area contributed by atoms with Crippen LogP contribution in [0.5, 0.6) is 5.75 Å². The number of para-hydroxylation sites is 1. The van der Waals surface area contributed by atoms with Gasteiger partial charge in [-0.1, -0.05) is 18.2 Å². The van der Waals surface area contributed by atoms with Gasteiger partial charge in [0.2, 0.25) is 10.0 Å². The van der Waals surface area contributed by atoms with Gasteiger partial charge in [-0.3, -0.25) is 0 Å². The molecule has 0 radical (unpaired) electrons. The number of sulfonamides is 1. The summed E-state index contributed by atoms with van der Waals surface area (Å²) < 4.78 is 43.7. The molecule has 1 fully saturated rings. The number of hydrogen-bond donors (Lipinski definition) is 1. The van der Waals surface area contributed by atoms with Gasteiger partial charge in [-0.2, -0.15) is 4.31 Å². The maximum atomic E-state index is 13.3. The van der Waals surface area contributed by atoms with Gasteiger partial charge < -0.3 is 19.5 Å². The monoisotopic (exact) mass is 433 g/mol. The van der Waals surface area contributed by atoms with E-state index in [0.717, 1.165) is 17.7 Å². The number of esters is 1. The van der Waals surface area contributed by atoms with Crippen molar-refractivity contribution in [3.63, 3.8) is 0 Å². The molecule has 1 N–H and O–H groups in total. The van der Waals surface area contributed by atoms with Gasteiger partial charge in [0, 0.05) is 25.7 Å². The van der Waals surface area contributed by atoms with Crippen LogP contribution in [0.3, 0.4) is 0 Å². The lowest BCUT2D eigenvalue weighted by atomic mass is 10.1. The third-order valence-corrected chi connectivity index (χ3v) is 6.98. The standard InChI is InChI=1S/C20H23N3O6S/c1-27-20(24)15-11-18(30(25,26)23-6-8-28-9-7-23)19(21-12-15)22-13-16-10-14-4-2-3-5-17(14)29-16/h2-5,11-12,16H,6-10,13H2,1H3,(H,21,22)/t16-/m0/s1. The molecule has 1 saturated heterocycles. The Morgan fingerprint density at radius 2 is 2.07 bits per heavy atom. The van der Waals surface area contributed by atoms with Crippen molar-refractivity contribution in [3.05, 3.63) is 47.7 Å². The Labute approximate surface area is 175 Å². The third kappa shape index (κ3) is 4.11. The second-order valence-corrected chi connectivity index (χ2v) is 8.92. The minimum atomic E-state index is -3.88. The van der Waals surface area contributed by atoms with E-state index in [9.17, 15) is 13.2 Å². The second kappa shape index (κ2) is 8.58. The molecule has 0 spiro atoms. The summed E-state index contributed by atoms with van der Waals surface area (Å²) in [5.41, 5.74) is 1.18. The predicted octanol–water partition coefficient (Wildman–Crippen LogP) is 1.30. The maximum absolute atomic E-state index is 13.3. The van der Waals surface area contributed by atoms with E-state index in [1.54, 1.807) is 0 Å². The molecule has 30 heavy (non-hydrogen) atoms. The first-order valence-electron chi connectivity index (χ1n) is 9.63. The number of carbonyl (C=O) groups is 1. The predicted molar refractivity (Wildman–Crippen MR) is 108 cm³/mol. The molecular weight excluding hydrogens is 410 g/mol. The van der Waals surface area contributed by atoms with Crippen LogP contribution in [0.15, 0.2) is 41.4 Å². The van der Waals surface area contributed by atoms with Gasteiger partial charge in [0.25, 0.3) is 0 Å². The molecular formula is C20H23N3O6S. The fourth-order valence-electron chi connectivity index (χ4n) is 3.51. The number of nitrogens with zero attached hydrogens (tertiary/aromatic N) is 2. The van der Waals surface area contributed by atoms with Crippen LogP contribution in [0, 0.1) is 0 Å². The van der Waals surface area contributed by atoms with Crippen LogP contribution in [0.2, 0.25) is 0 Å². The lowest BCUT2D eigenvalue weighted by Gasteiger charge is -2.27. The van der Waals surface area contributed by atoms with E-state index in [1.807, 2.05) is 24.3 Å². The van der Waals surface area contributed by atoms with Crippen molar-refractivity contribution in [2.75, 3.05) is 45.3 Å². The lowest BCUT2D eigenvalue weighted by molar-refractivity contribution is 0.0600. The first kappa shape index (κ1) is 20.6. The second-order valence-electron chi connectivity index (χ2n) is 7.01. The molecule has 2 aromatic rings. The van der Waals surface area contributed by atoms with Crippen LogP contribution in [-0.4, -0.2) is 69.7 Å². The minimum Gasteiger partial charge on any atom is -0.488 e. The zero-order chi connectivity index (χ0) is 21.1. The van der Waals surface area contributed by atoms with E-state index in [2.05, 4.69) is 10.3 Å². The molecule has 2 aliphatic rings. The molecule has 0 saturated carbocycles. The molecule has 1 aromatic heterocycles. The van der Waals surface area contributed by atoms with Gasteiger partial charge in [0.05, 0.1) is 32.4 Å². The van der Waals surface area contributed by atoms with Crippen molar-refractivity contribution >= 4 is 21.8 Å². The van der Waals surface area contributed by atoms with Crippen molar-refractivity contribution < 1.29 is 27.4 Å². The Balaban J connectivity index is 1.58. The summed E-state index contributed by atoms with van der Waals surface area (Å²) in [6, 6.07) is 9.09. The number of carbonyl (C=O) groups excluding carboxylic acids is 1. The molecule has 2 aliphatic heterocycles. The number of fused-ring (bicyclic) bond motifs is 1. The topological polar surface area (TPSA) is 107 Å². The summed E-state index contributed by atoms with van der Waals surface area (Å²) >= 11 is 0. The minimum absolute atomic E-state index is 0.0668. The largest absolute Gasteiger partial charge is 0.488 e. The highest BCUT2D eigenvalue weighted by Gasteiger charge is 2.31. The van der Waals surface area contributed by atoms with Gasteiger partial charge in [0.15, 0.2) is 0 Å². The van der Waals surface area contributed by atoms with Crippen molar-refractivity contribution in [1.82, 2.24) is 9.29 Å². The Morgan fingerprint density at radius 1 is 1.30 bits per heavy atom.